The molecule has 0 saturated carbocycles. The van der Waals surface area contributed by atoms with Crippen LogP contribution in [0.15, 0.2) is 17.5 Å². The molecular weight excluding hydrogens is 292 g/mol. The van der Waals surface area contributed by atoms with Crippen molar-refractivity contribution in [2.45, 2.75) is 12.6 Å². The zero-order valence-corrected chi connectivity index (χ0v) is 12.4. The van der Waals surface area contributed by atoms with Gasteiger partial charge in [-0.1, -0.05) is 11.3 Å². The molecule has 2 aromatic heterocycles. The van der Waals surface area contributed by atoms with Gasteiger partial charge < -0.3 is 14.7 Å². The highest BCUT2D eigenvalue weighted by Gasteiger charge is 2.25. The fraction of sp³-hybridized carbons (Fsp3) is 0.462. The minimum absolute atomic E-state index is 0.00851. The molecule has 1 saturated heterocycles. The summed E-state index contributed by atoms with van der Waals surface area (Å²) >= 11 is 1.47. The molecule has 21 heavy (non-hydrogen) atoms. The maximum absolute atomic E-state index is 11.3. The first-order valence-electron chi connectivity index (χ1n) is 6.66. The van der Waals surface area contributed by atoms with E-state index in [2.05, 4.69) is 15.2 Å². The van der Waals surface area contributed by atoms with E-state index in [1.54, 1.807) is 4.68 Å². The van der Waals surface area contributed by atoms with Gasteiger partial charge in [0.05, 0.1) is 24.1 Å². The Bertz CT molecular complexity index is 625. The molecule has 3 rings (SSSR count). The first-order chi connectivity index (χ1) is 10.1. The number of hydrogen-bond donors (Lipinski definition) is 1. The van der Waals surface area contributed by atoms with E-state index < -0.39 is 5.97 Å². The normalized spacial score (nSPS) is 19.8. The zero-order valence-electron chi connectivity index (χ0n) is 11.6. The summed E-state index contributed by atoms with van der Waals surface area (Å²) in [6.45, 7) is 2.88. The first kappa shape index (κ1) is 14.2. The van der Waals surface area contributed by atoms with Crippen LogP contribution in [0.25, 0.3) is 10.6 Å². The van der Waals surface area contributed by atoms with Gasteiger partial charge in [-0.15, -0.1) is 16.4 Å². The number of ether oxygens (including phenoxy) is 1. The molecule has 0 spiro atoms. The molecule has 1 atom stereocenters. The Kier molecular flexibility index (Phi) is 4.00. The summed E-state index contributed by atoms with van der Waals surface area (Å²) in [5.74, 6) is -1.06. The van der Waals surface area contributed by atoms with Crippen molar-refractivity contribution in [2.75, 3.05) is 26.7 Å². The van der Waals surface area contributed by atoms with Gasteiger partial charge in [-0.2, -0.15) is 0 Å². The van der Waals surface area contributed by atoms with E-state index in [-0.39, 0.29) is 11.8 Å². The topological polar surface area (TPSA) is 80.5 Å². The highest BCUT2D eigenvalue weighted by molar-refractivity contribution is 7.13. The number of aromatic carboxylic acids is 1. The van der Waals surface area contributed by atoms with Gasteiger partial charge in [0.25, 0.3) is 0 Å². The number of thiophene rings is 1. The Balaban J connectivity index is 1.90. The van der Waals surface area contributed by atoms with Crippen molar-refractivity contribution < 1.29 is 14.6 Å². The summed E-state index contributed by atoms with van der Waals surface area (Å²) in [5, 5.41) is 19.0. The van der Waals surface area contributed by atoms with Crippen LogP contribution in [0.4, 0.5) is 0 Å². The largest absolute Gasteiger partial charge is 0.476 e. The van der Waals surface area contributed by atoms with Crippen LogP contribution in [0, 0.1) is 0 Å². The Morgan fingerprint density at radius 1 is 1.62 bits per heavy atom. The second-order valence-electron chi connectivity index (χ2n) is 5.01. The Hall–Kier alpha value is -1.77. The van der Waals surface area contributed by atoms with Gasteiger partial charge in [0.2, 0.25) is 0 Å². The van der Waals surface area contributed by atoms with Crippen LogP contribution < -0.4 is 0 Å². The molecule has 3 heterocycles. The van der Waals surface area contributed by atoms with E-state index in [9.17, 15) is 9.90 Å². The number of carbonyl (C=O) groups is 1. The molecular formula is C13H16N4O3S. The average Bonchev–Trinajstić information content (AvgIpc) is 3.06. The third-order valence-corrected chi connectivity index (χ3v) is 4.29. The quantitative estimate of drug-likeness (QED) is 0.909. The maximum Gasteiger partial charge on any atom is 0.358 e. The first-order valence-corrected chi connectivity index (χ1v) is 7.54. The number of aromatic nitrogens is 3. The number of carboxylic acids is 1. The average molecular weight is 308 g/mol. The molecule has 0 aromatic carbocycles. The van der Waals surface area contributed by atoms with Crippen molar-refractivity contribution in [3.8, 4) is 10.6 Å². The summed E-state index contributed by atoms with van der Waals surface area (Å²) in [6, 6.07) is 3.76. The number of carboxylic acid groups (broad SMARTS) is 1. The summed E-state index contributed by atoms with van der Waals surface area (Å²) in [5.41, 5.74) is 0.538. The van der Waals surface area contributed by atoms with Gasteiger partial charge in [-0.25, -0.2) is 9.48 Å². The van der Waals surface area contributed by atoms with Crippen LogP contribution in [0.3, 0.4) is 0 Å². The van der Waals surface area contributed by atoms with Crippen LogP contribution in [0.5, 0.6) is 0 Å². The van der Waals surface area contributed by atoms with E-state index in [1.807, 2.05) is 24.6 Å². The smallest absolute Gasteiger partial charge is 0.358 e. The predicted molar refractivity (Wildman–Crippen MR) is 77.5 cm³/mol. The zero-order chi connectivity index (χ0) is 14.8. The molecule has 1 aliphatic heterocycles. The molecule has 8 heteroatoms. The summed E-state index contributed by atoms with van der Waals surface area (Å²) in [6.07, 6.45) is -0.00851. The number of nitrogens with zero attached hydrogens (tertiary/aromatic N) is 4. The molecule has 0 aliphatic carbocycles. The van der Waals surface area contributed by atoms with Crippen molar-refractivity contribution in [1.82, 2.24) is 19.9 Å². The fourth-order valence-corrected chi connectivity index (χ4v) is 3.19. The highest BCUT2D eigenvalue weighted by atomic mass is 32.1. The molecule has 1 unspecified atom stereocenters. The van der Waals surface area contributed by atoms with Gasteiger partial charge in [-0.05, 0) is 18.5 Å². The van der Waals surface area contributed by atoms with Crippen molar-refractivity contribution in [3.05, 3.63) is 23.2 Å². The lowest BCUT2D eigenvalue weighted by Crippen LogP contribution is -2.42. The summed E-state index contributed by atoms with van der Waals surface area (Å²) < 4.78 is 7.36. The van der Waals surface area contributed by atoms with E-state index in [0.717, 1.165) is 18.0 Å². The molecule has 112 valence electrons. The van der Waals surface area contributed by atoms with Gasteiger partial charge >= 0.3 is 5.97 Å². The van der Waals surface area contributed by atoms with Crippen LogP contribution in [0.2, 0.25) is 0 Å². The maximum atomic E-state index is 11.3. The molecule has 0 bridgehead atoms. The second-order valence-corrected chi connectivity index (χ2v) is 5.95. The van der Waals surface area contributed by atoms with E-state index in [1.165, 1.54) is 11.3 Å². The van der Waals surface area contributed by atoms with Crippen LogP contribution in [-0.2, 0) is 11.3 Å². The van der Waals surface area contributed by atoms with Crippen molar-refractivity contribution in [3.63, 3.8) is 0 Å². The third-order valence-electron chi connectivity index (χ3n) is 3.41. The molecule has 0 radical (unpaired) electrons. The Morgan fingerprint density at radius 3 is 3.14 bits per heavy atom. The third kappa shape index (κ3) is 2.97. The minimum atomic E-state index is -1.06. The lowest BCUT2D eigenvalue weighted by molar-refractivity contribution is -0.0290. The number of likely N-dealkylation sites (N-methyl/N-ethyl adjacent to an activating group) is 1. The molecule has 1 N–H and O–H groups in total. The van der Waals surface area contributed by atoms with E-state index in [4.69, 9.17) is 4.74 Å². The van der Waals surface area contributed by atoms with E-state index >= 15 is 0 Å². The van der Waals surface area contributed by atoms with Gasteiger partial charge in [0.15, 0.2) is 5.69 Å². The lowest BCUT2D eigenvalue weighted by Gasteiger charge is -2.30. The van der Waals surface area contributed by atoms with E-state index in [0.29, 0.717) is 18.8 Å². The fourth-order valence-electron chi connectivity index (χ4n) is 2.41. The Labute approximate surface area is 125 Å². The molecule has 1 fully saturated rings. The second kappa shape index (κ2) is 5.92. The predicted octanol–water partition coefficient (Wildman–Crippen LogP) is 1.04. The van der Waals surface area contributed by atoms with Crippen LogP contribution in [0.1, 0.15) is 10.5 Å². The van der Waals surface area contributed by atoms with Gasteiger partial charge in [-0.3, -0.25) is 0 Å². The number of hydrogen-bond acceptors (Lipinski definition) is 6. The lowest BCUT2D eigenvalue weighted by atomic mass is 10.2. The monoisotopic (exact) mass is 308 g/mol. The summed E-state index contributed by atoms with van der Waals surface area (Å²) in [4.78, 5) is 14.4. The molecule has 0 amide bonds. The van der Waals surface area contributed by atoms with Gasteiger partial charge in [0.1, 0.15) is 5.69 Å². The van der Waals surface area contributed by atoms with Crippen LogP contribution in [-0.4, -0.2) is 63.8 Å². The van der Waals surface area contributed by atoms with Crippen LogP contribution >= 0.6 is 11.3 Å². The molecule has 1 aliphatic rings. The van der Waals surface area contributed by atoms with Crippen molar-refractivity contribution >= 4 is 17.3 Å². The number of rotatable bonds is 4. The van der Waals surface area contributed by atoms with Crippen molar-refractivity contribution in [1.29, 1.82) is 0 Å². The molecule has 7 nitrogen and oxygen atoms in total. The molecule has 2 aromatic rings. The van der Waals surface area contributed by atoms with Crippen molar-refractivity contribution in [2.24, 2.45) is 0 Å². The minimum Gasteiger partial charge on any atom is -0.476 e. The summed E-state index contributed by atoms with van der Waals surface area (Å²) in [7, 11) is 2.04. The number of morpholine rings is 1. The van der Waals surface area contributed by atoms with Gasteiger partial charge in [0, 0.05) is 13.1 Å². The highest BCUT2D eigenvalue weighted by Crippen LogP contribution is 2.27. The standard InChI is InChI=1S/C13H16N4O3S/c1-16-4-5-20-9(7-16)8-17-12(10-3-2-6-21-10)11(13(18)19)14-15-17/h2-3,6,9H,4-5,7-8H2,1H3,(H,18,19). The SMILES string of the molecule is CN1CCOC(Cn2nnc(C(=O)O)c2-c2cccs2)C1. The Morgan fingerprint density at radius 2 is 2.48 bits per heavy atom.